The van der Waals surface area contributed by atoms with Crippen LogP contribution in [0.5, 0.6) is 0 Å². The number of hydrogen-bond acceptors (Lipinski definition) is 5. The van der Waals surface area contributed by atoms with Crippen LogP contribution in [0.25, 0.3) is 10.8 Å². The van der Waals surface area contributed by atoms with E-state index in [2.05, 4.69) is 27.2 Å². The van der Waals surface area contributed by atoms with Crippen molar-refractivity contribution in [1.29, 1.82) is 0 Å². The van der Waals surface area contributed by atoms with E-state index in [1.165, 1.54) is 0 Å². The zero-order valence-corrected chi connectivity index (χ0v) is 12.6. The number of methoxy groups -OCH3 is 1. The third-order valence-electron chi connectivity index (χ3n) is 4.40. The second-order valence-corrected chi connectivity index (χ2v) is 5.62. The van der Waals surface area contributed by atoms with Gasteiger partial charge in [-0.1, -0.05) is 24.3 Å². The molecule has 0 amide bonds. The molecule has 1 aromatic heterocycles. The summed E-state index contributed by atoms with van der Waals surface area (Å²) in [5, 5.41) is 11.1. The molecule has 0 bridgehead atoms. The number of nitrogens with zero attached hydrogens (tertiary/aromatic N) is 3. The van der Waals surface area contributed by atoms with Gasteiger partial charge in [-0.2, -0.15) is 5.10 Å². The SMILES string of the molecule is COC1CCN(c2nnc(C)c3ccccc23)C(CN)C1. The van der Waals surface area contributed by atoms with Gasteiger partial charge in [-0.05, 0) is 19.8 Å². The molecule has 2 aromatic rings. The number of anilines is 1. The molecule has 3 rings (SSSR count). The fraction of sp³-hybridized carbons (Fsp3) is 0.500. The number of aromatic nitrogens is 2. The van der Waals surface area contributed by atoms with Crippen molar-refractivity contribution in [2.75, 3.05) is 25.1 Å². The van der Waals surface area contributed by atoms with Crippen LogP contribution < -0.4 is 10.6 Å². The lowest BCUT2D eigenvalue weighted by molar-refractivity contribution is 0.0708. The van der Waals surface area contributed by atoms with E-state index < -0.39 is 0 Å². The average Bonchev–Trinajstić information content (AvgIpc) is 2.55. The van der Waals surface area contributed by atoms with E-state index >= 15 is 0 Å². The number of hydrogen-bond donors (Lipinski definition) is 1. The Morgan fingerprint density at radius 2 is 2.05 bits per heavy atom. The topological polar surface area (TPSA) is 64.3 Å². The summed E-state index contributed by atoms with van der Waals surface area (Å²) in [7, 11) is 1.77. The van der Waals surface area contributed by atoms with Crippen LogP contribution >= 0.6 is 0 Å². The van der Waals surface area contributed by atoms with E-state index in [1.807, 2.05) is 19.1 Å². The Balaban J connectivity index is 2.02. The van der Waals surface area contributed by atoms with Crippen molar-refractivity contribution in [2.24, 2.45) is 5.73 Å². The smallest absolute Gasteiger partial charge is 0.159 e. The lowest BCUT2D eigenvalue weighted by atomic mass is 9.98. The van der Waals surface area contributed by atoms with Crippen LogP contribution in [-0.4, -0.2) is 42.5 Å². The standard InChI is InChI=1S/C16H22N4O/c1-11-14-5-3-4-6-15(14)16(19-18-11)20-8-7-13(21-2)9-12(20)10-17/h3-6,12-13H,7-10,17H2,1-2H3. The summed E-state index contributed by atoms with van der Waals surface area (Å²) in [4.78, 5) is 2.30. The van der Waals surface area contributed by atoms with Crippen LogP contribution in [0.1, 0.15) is 18.5 Å². The summed E-state index contributed by atoms with van der Waals surface area (Å²) in [6.07, 6.45) is 2.23. The summed E-state index contributed by atoms with van der Waals surface area (Å²) in [6, 6.07) is 8.55. The minimum Gasteiger partial charge on any atom is -0.381 e. The van der Waals surface area contributed by atoms with Gasteiger partial charge in [0.25, 0.3) is 0 Å². The van der Waals surface area contributed by atoms with E-state index in [4.69, 9.17) is 10.5 Å². The molecule has 2 N–H and O–H groups in total. The number of ether oxygens (including phenoxy) is 1. The fourth-order valence-corrected chi connectivity index (χ4v) is 3.17. The highest BCUT2D eigenvalue weighted by molar-refractivity contribution is 5.93. The Kier molecular flexibility index (Phi) is 4.03. The third-order valence-corrected chi connectivity index (χ3v) is 4.40. The summed E-state index contributed by atoms with van der Waals surface area (Å²) < 4.78 is 5.50. The number of rotatable bonds is 3. The quantitative estimate of drug-likeness (QED) is 0.933. The van der Waals surface area contributed by atoms with Crippen molar-refractivity contribution >= 4 is 16.6 Å². The van der Waals surface area contributed by atoms with Crippen LogP contribution in [0.4, 0.5) is 5.82 Å². The summed E-state index contributed by atoms with van der Waals surface area (Å²) in [6.45, 7) is 3.50. The van der Waals surface area contributed by atoms with E-state index in [0.29, 0.717) is 12.6 Å². The second kappa shape index (κ2) is 5.95. The van der Waals surface area contributed by atoms with Crippen molar-refractivity contribution in [3.63, 3.8) is 0 Å². The molecule has 2 heterocycles. The van der Waals surface area contributed by atoms with Crippen molar-refractivity contribution in [2.45, 2.75) is 31.9 Å². The van der Waals surface area contributed by atoms with Gasteiger partial charge < -0.3 is 15.4 Å². The van der Waals surface area contributed by atoms with E-state index in [1.54, 1.807) is 7.11 Å². The monoisotopic (exact) mass is 286 g/mol. The maximum Gasteiger partial charge on any atom is 0.159 e. The molecule has 2 atom stereocenters. The normalized spacial score (nSPS) is 22.7. The van der Waals surface area contributed by atoms with Gasteiger partial charge in [-0.3, -0.25) is 0 Å². The Bertz CT molecular complexity index is 631. The Hall–Kier alpha value is -1.72. The van der Waals surface area contributed by atoms with Gasteiger partial charge in [0.1, 0.15) is 0 Å². The second-order valence-electron chi connectivity index (χ2n) is 5.62. The lowest BCUT2D eigenvalue weighted by Gasteiger charge is -2.39. The predicted molar refractivity (Wildman–Crippen MR) is 84.5 cm³/mol. The van der Waals surface area contributed by atoms with Gasteiger partial charge in [0.05, 0.1) is 11.8 Å². The Morgan fingerprint density at radius 3 is 2.76 bits per heavy atom. The van der Waals surface area contributed by atoms with E-state index in [-0.39, 0.29) is 6.04 Å². The van der Waals surface area contributed by atoms with Gasteiger partial charge in [-0.25, -0.2) is 0 Å². The molecule has 1 aromatic carbocycles. The molecule has 112 valence electrons. The highest BCUT2D eigenvalue weighted by Gasteiger charge is 2.29. The minimum absolute atomic E-state index is 0.254. The van der Waals surface area contributed by atoms with Gasteiger partial charge in [0.2, 0.25) is 0 Å². The first-order chi connectivity index (χ1) is 10.2. The van der Waals surface area contributed by atoms with E-state index in [9.17, 15) is 0 Å². The molecule has 2 unspecified atom stereocenters. The minimum atomic E-state index is 0.254. The third kappa shape index (κ3) is 2.59. The summed E-state index contributed by atoms with van der Waals surface area (Å²) in [5.74, 6) is 0.946. The maximum atomic E-state index is 5.98. The van der Waals surface area contributed by atoms with Gasteiger partial charge in [0.15, 0.2) is 5.82 Å². The number of piperidine rings is 1. The first kappa shape index (κ1) is 14.2. The maximum absolute atomic E-state index is 5.98. The molecular formula is C16H22N4O. The van der Waals surface area contributed by atoms with Gasteiger partial charge >= 0.3 is 0 Å². The molecule has 5 nitrogen and oxygen atoms in total. The molecule has 5 heteroatoms. The van der Waals surface area contributed by atoms with Crippen molar-refractivity contribution < 1.29 is 4.74 Å². The van der Waals surface area contributed by atoms with Crippen LogP contribution in [-0.2, 0) is 4.74 Å². The first-order valence-electron chi connectivity index (χ1n) is 7.46. The van der Waals surface area contributed by atoms with Crippen molar-refractivity contribution in [3.8, 4) is 0 Å². The van der Waals surface area contributed by atoms with Crippen LogP contribution in [0.2, 0.25) is 0 Å². The molecule has 0 spiro atoms. The predicted octanol–water partition coefficient (Wildman–Crippen LogP) is 1.88. The number of nitrogens with two attached hydrogens (primary N) is 1. The average molecular weight is 286 g/mol. The molecule has 0 saturated carbocycles. The molecule has 1 saturated heterocycles. The zero-order chi connectivity index (χ0) is 14.8. The molecule has 0 radical (unpaired) electrons. The highest BCUT2D eigenvalue weighted by Crippen LogP contribution is 2.30. The van der Waals surface area contributed by atoms with Crippen molar-refractivity contribution in [1.82, 2.24) is 10.2 Å². The molecule has 0 aliphatic carbocycles. The van der Waals surface area contributed by atoms with E-state index in [0.717, 1.165) is 41.7 Å². The molecule has 1 fully saturated rings. The fourth-order valence-electron chi connectivity index (χ4n) is 3.17. The molecule has 1 aliphatic heterocycles. The number of fused-ring (bicyclic) bond motifs is 1. The number of benzene rings is 1. The number of aryl methyl sites for hydroxylation is 1. The van der Waals surface area contributed by atoms with Crippen LogP contribution in [0, 0.1) is 6.92 Å². The molecule has 1 aliphatic rings. The van der Waals surface area contributed by atoms with Crippen LogP contribution in [0.15, 0.2) is 24.3 Å². The van der Waals surface area contributed by atoms with Crippen molar-refractivity contribution in [3.05, 3.63) is 30.0 Å². The zero-order valence-electron chi connectivity index (χ0n) is 12.6. The molecular weight excluding hydrogens is 264 g/mol. The Labute approximate surface area is 125 Å². The molecule has 21 heavy (non-hydrogen) atoms. The first-order valence-corrected chi connectivity index (χ1v) is 7.46. The largest absolute Gasteiger partial charge is 0.381 e. The summed E-state index contributed by atoms with van der Waals surface area (Å²) in [5.41, 5.74) is 6.94. The van der Waals surface area contributed by atoms with Gasteiger partial charge in [0, 0.05) is 37.0 Å². The highest BCUT2D eigenvalue weighted by atomic mass is 16.5. The summed E-state index contributed by atoms with van der Waals surface area (Å²) >= 11 is 0. The Morgan fingerprint density at radius 1 is 1.29 bits per heavy atom. The van der Waals surface area contributed by atoms with Gasteiger partial charge in [-0.15, -0.1) is 5.10 Å². The lowest BCUT2D eigenvalue weighted by Crippen LogP contribution is -2.49. The van der Waals surface area contributed by atoms with Crippen LogP contribution in [0.3, 0.4) is 0 Å².